The Bertz CT molecular complexity index is 884. The van der Waals surface area contributed by atoms with Crippen LogP contribution in [-0.2, 0) is 20.9 Å². The molecule has 146 valence electrons. The summed E-state index contributed by atoms with van der Waals surface area (Å²) in [5.41, 5.74) is 1.18. The minimum atomic E-state index is -0.861. The first-order valence-electron chi connectivity index (χ1n) is 9.07. The molecule has 0 spiro atoms. The Balaban J connectivity index is 1.88. The van der Waals surface area contributed by atoms with Crippen molar-refractivity contribution in [3.63, 3.8) is 0 Å². The molecule has 0 aromatic heterocycles. The van der Waals surface area contributed by atoms with Crippen molar-refractivity contribution in [1.82, 2.24) is 4.90 Å². The number of imide groups is 1. The lowest BCUT2D eigenvalue weighted by Crippen LogP contribution is -2.45. The Morgan fingerprint density at radius 2 is 1.79 bits per heavy atom. The van der Waals surface area contributed by atoms with Gasteiger partial charge in [0.25, 0.3) is 5.91 Å². The molecule has 0 bridgehead atoms. The van der Waals surface area contributed by atoms with Crippen molar-refractivity contribution in [2.75, 3.05) is 4.90 Å². The van der Waals surface area contributed by atoms with E-state index in [-0.39, 0.29) is 37.0 Å². The predicted molar refractivity (Wildman–Crippen MR) is 107 cm³/mol. The van der Waals surface area contributed by atoms with Crippen LogP contribution in [0.1, 0.15) is 31.7 Å². The molecule has 1 saturated heterocycles. The first-order valence-corrected chi connectivity index (χ1v) is 9.86. The van der Waals surface area contributed by atoms with Crippen LogP contribution in [0, 0.1) is 5.82 Å². The zero-order valence-electron chi connectivity index (χ0n) is 15.4. The van der Waals surface area contributed by atoms with Gasteiger partial charge in [0.15, 0.2) is 0 Å². The number of carbonyl (C=O) groups excluding carboxylic acids is 3. The third kappa shape index (κ3) is 4.30. The van der Waals surface area contributed by atoms with Crippen molar-refractivity contribution in [3.8, 4) is 0 Å². The Kier molecular flexibility index (Phi) is 6.24. The molecule has 7 heteroatoms. The lowest BCUT2D eigenvalue weighted by Gasteiger charge is -2.28. The van der Waals surface area contributed by atoms with Crippen LogP contribution in [0.25, 0.3) is 0 Å². The van der Waals surface area contributed by atoms with Crippen molar-refractivity contribution >= 4 is 39.3 Å². The molecule has 3 amide bonds. The van der Waals surface area contributed by atoms with E-state index in [2.05, 4.69) is 15.9 Å². The Morgan fingerprint density at radius 3 is 2.39 bits per heavy atom. The van der Waals surface area contributed by atoms with Crippen LogP contribution >= 0.6 is 15.9 Å². The summed E-state index contributed by atoms with van der Waals surface area (Å²) in [6.07, 6.45) is 0.840. The maximum absolute atomic E-state index is 13.2. The molecule has 28 heavy (non-hydrogen) atoms. The summed E-state index contributed by atoms with van der Waals surface area (Å²) < 4.78 is 14.0. The highest BCUT2D eigenvalue weighted by atomic mass is 79.9. The monoisotopic (exact) mass is 446 g/mol. The number of hydrogen-bond acceptors (Lipinski definition) is 3. The average Bonchev–Trinajstić information content (AvgIpc) is 2.96. The summed E-state index contributed by atoms with van der Waals surface area (Å²) in [6.45, 7) is 2.03. The lowest BCUT2D eigenvalue weighted by molar-refractivity contribution is -0.139. The van der Waals surface area contributed by atoms with Gasteiger partial charge in [-0.2, -0.15) is 0 Å². The van der Waals surface area contributed by atoms with E-state index in [0.717, 1.165) is 9.37 Å². The van der Waals surface area contributed by atoms with E-state index < -0.39 is 11.9 Å². The van der Waals surface area contributed by atoms with Crippen molar-refractivity contribution in [2.45, 2.75) is 38.8 Å². The standard InChI is InChI=1S/C21H20BrFN2O3/c1-2-3-19(26)24(13-14-4-8-16(23)9-5-14)18-12-20(27)25(21(18)28)17-10-6-15(22)7-11-17/h4-11,18H,2-3,12-13H2,1H3. The Labute approximate surface area is 171 Å². The second-order valence-corrected chi connectivity index (χ2v) is 7.58. The van der Waals surface area contributed by atoms with Crippen molar-refractivity contribution in [2.24, 2.45) is 0 Å². The number of nitrogens with zero attached hydrogens (tertiary/aromatic N) is 2. The largest absolute Gasteiger partial charge is 0.326 e. The zero-order chi connectivity index (χ0) is 20.3. The molecule has 1 aliphatic rings. The third-order valence-electron chi connectivity index (χ3n) is 4.63. The Morgan fingerprint density at radius 1 is 1.14 bits per heavy atom. The first kappa shape index (κ1) is 20.2. The predicted octanol–water partition coefficient (Wildman–Crippen LogP) is 4.05. The van der Waals surface area contributed by atoms with Crippen molar-refractivity contribution in [3.05, 3.63) is 64.4 Å². The van der Waals surface area contributed by atoms with Gasteiger partial charge >= 0.3 is 0 Å². The molecule has 0 N–H and O–H groups in total. The molecule has 2 aromatic rings. The molecule has 2 aromatic carbocycles. The number of hydrogen-bond donors (Lipinski definition) is 0. The molecule has 0 saturated carbocycles. The summed E-state index contributed by atoms with van der Waals surface area (Å²) in [6, 6.07) is 11.8. The van der Waals surface area contributed by atoms with Crippen LogP contribution in [0.3, 0.4) is 0 Å². The minimum absolute atomic E-state index is 0.0639. The van der Waals surface area contributed by atoms with Gasteiger partial charge in [0.2, 0.25) is 11.8 Å². The number of carbonyl (C=O) groups is 3. The summed E-state index contributed by atoms with van der Waals surface area (Å²) in [7, 11) is 0. The number of halogens is 2. The summed E-state index contributed by atoms with van der Waals surface area (Å²) in [5.74, 6) is -1.33. The van der Waals surface area contributed by atoms with Gasteiger partial charge in [-0.3, -0.25) is 14.4 Å². The lowest BCUT2D eigenvalue weighted by atomic mass is 10.1. The summed E-state index contributed by atoms with van der Waals surface area (Å²) in [4.78, 5) is 40.9. The highest BCUT2D eigenvalue weighted by Gasteiger charge is 2.44. The van der Waals surface area contributed by atoms with Crippen LogP contribution in [0.4, 0.5) is 10.1 Å². The molecule has 0 radical (unpaired) electrons. The third-order valence-corrected chi connectivity index (χ3v) is 5.16. The molecule has 5 nitrogen and oxygen atoms in total. The zero-order valence-corrected chi connectivity index (χ0v) is 17.0. The van der Waals surface area contributed by atoms with E-state index in [1.165, 1.54) is 17.0 Å². The molecule has 1 heterocycles. The minimum Gasteiger partial charge on any atom is -0.326 e. The Hall–Kier alpha value is -2.54. The fraction of sp³-hybridized carbons (Fsp3) is 0.286. The molecule has 1 fully saturated rings. The maximum Gasteiger partial charge on any atom is 0.257 e. The summed E-state index contributed by atoms with van der Waals surface area (Å²) in [5, 5.41) is 0. The van der Waals surface area contributed by atoms with Crippen LogP contribution in [0.2, 0.25) is 0 Å². The maximum atomic E-state index is 13.2. The van der Waals surface area contributed by atoms with E-state index in [4.69, 9.17) is 0 Å². The van der Waals surface area contributed by atoms with E-state index >= 15 is 0 Å². The van der Waals surface area contributed by atoms with Gasteiger partial charge in [0, 0.05) is 17.4 Å². The van der Waals surface area contributed by atoms with Gasteiger partial charge in [-0.25, -0.2) is 9.29 Å². The SMILES string of the molecule is CCCC(=O)N(Cc1ccc(F)cc1)C1CC(=O)N(c2ccc(Br)cc2)C1=O. The second kappa shape index (κ2) is 8.65. The highest BCUT2D eigenvalue weighted by molar-refractivity contribution is 9.10. The molecule has 1 atom stereocenters. The van der Waals surface area contributed by atoms with Gasteiger partial charge in [0.05, 0.1) is 12.1 Å². The molecular weight excluding hydrogens is 427 g/mol. The number of amides is 3. The van der Waals surface area contributed by atoms with Crippen LogP contribution in [0.5, 0.6) is 0 Å². The highest BCUT2D eigenvalue weighted by Crippen LogP contribution is 2.28. The van der Waals surface area contributed by atoms with E-state index in [9.17, 15) is 18.8 Å². The van der Waals surface area contributed by atoms with Crippen LogP contribution < -0.4 is 4.90 Å². The van der Waals surface area contributed by atoms with Gasteiger partial charge in [-0.15, -0.1) is 0 Å². The van der Waals surface area contributed by atoms with E-state index in [1.807, 2.05) is 6.92 Å². The van der Waals surface area contributed by atoms with E-state index in [1.54, 1.807) is 36.4 Å². The van der Waals surface area contributed by atoms with Crippen molar-refractivity contribution < 1.29 is 18.8 Å². The topological polar surface area (TPSA) is 57.7 Å². The fourth-order valence-corrected chi connectivity index (χ4v) is 3.50. The second-order valence-electron chi connectivity index (χ2n) is 6.66. The molecule has 1 aliphatic heterocycles. The molecule has 3 rings (SSSR count). The number of benzene rings is 2. The molecule has 1 unspecified atom stereocenters. The fourth-order valence-electron chi connectivity index (χ4n) is 3.24. The number of rotatable bonds is 6. The van der Waals surface area contributed by atoms with Crippen LogP contribution in [-0.4, -0.2) is 28.7 Å². The van der Waals surface area contributed by atoms with Gasteiger partial charge in [-0.05, 0) is 48.4 Å². The normalized spacial score (nSPS) is 16.5. The molecular formula is C21H20BrFN2O3. The number of anilines is 1. The molecule has 0 aliphatic carbocycles. The van der Waals surface area contributed by atoms with Crippen molar-refractivity contribution in [1.29, 1.82) is 0 Å². The van der Waals surface area contributed by atoms with Gasteiger partial charge in [-0.1, -0.05) is 35.0 Å². The van der Waals surface area contributed by atoms with Crippen LogP contribution in [0.15, 0.2) is 53.0 Å². The average molecular weight is 447 g/mol. The summed E-state index contributed by atoms with van der Waals surface area (Å²) >= 11 is 3.33. The van der Waals surface area contributed by atoms with Gasteiger partial charge in [0.1, 0.15) is 11.9 Å². The first-order chi connectivity index (χ1) is 13.4. The quantitative estimate of drug-likeness (QED) is 0.628. The van der Waals surface area contributed by atoms with E-state index in [0.29, 0.717) is 17.7 Å². The van der Waals surface area contributed by atoms with Gasteiger partial charge < -0.3 is 4.90 Å². The smallest absolute Gasteiger partial charge is 0.257 e.